The number of morpholine rings is 1. The summed E-state index contributed by atoms with van der Waals surface area (Å²) in [5.41, 5.74) is 2.84. The van der Waals surface area contributed by atoms with Gasteiger partial charge < -0.3 is 14.6 Å². The maximum absolute atomic E-state index is 13.8. The predicted molar refractivity (Wildman–Crippen MR) is 108 cm³/mol. The van der Waals surface area contributed by atoms with E-state index in [1.165, 1.54) is 17.7 Å². The highest BCUT2D eigenvalue weighted by molar-refractivity contribution is 6.35. The molecule has 3 rings (SSSR count). The Bertz CT molecular complexity index is 788. The van der Waals surface area contributed by atoms with Crippen LogP contribution in [0.1, 0.15) is 22.8 Å². The van der Waals surface area contributed by atoms with Crippen LogP contribution in [-0.4, -0.2) is 49.0 Å². The van der Waals surface area contributed by atoms with Gasteiger partial charge in [0.2, 0.25) is 0 Å². The Balaban J connectivity index is 1.49. The minimum absolute atomic E-state index is 0.0115. The number of rotatable bonds is 7. The fraction of sp³-hybridized carbons (Fsp3) is 0.429. The lowest BCUT2D eigenvalue weighted by Crippen LogP contribution is -2.43. The number of aliphatic hydroxyl groups is 1. The molecule has 0 aliphatic carbocycles. The standard InChI is InChI=1S/C21H24Cl2FNO3/c1-14-2-4-15(5-3-14)12-27-13-16(26)10-25-6-7-28-21(11-25)17-8-20(24)19(23)9-18(17)22/h2-5,8-9,16,21,26H,6-7,10-13H2,1H3. The van der Waals surface area contributed by atoms with Crippen molar-refractivity contribution in [2.24, 2.45) is 0 Å². The van der Waals surface area contributed by atoms with Crippen molar-refractivity contribution in [1.29, 1.82) is 0 Å². The highest BCUT2D eigenvalue weighted by Crippen LogP contribution is 2.32. The van der Waals surface area contributed by atoms with Crippen LogP contribution < -0.4 is 0 Å². The predicted octanol–water partition coefficient (Wildman–Crippen LogP) is 4.39. The number of benzene rings is 2. The second-order valence-corrected chi connectivity index (χ2v) is 7.88. The van der Waals surface area contributed by atoms with E-state index in [0.29, 0.717) is 43.4 Å². The maximum atomic E-state index is 13.8. The lowest BCUT2D eigenvalue weighted by Gasteiger charge is -2.34. The fourth-order valence-corrected chi connectivity index (χ4v) is 3.69. The van der Waals surface area contributed by atoms with Gasteiger partial charge in [0.25, 0.3) is 0 Å². The SMILES string of the molecule is Cc1ccc(COCC(O)CN2CCOC(c3cc(F)c(Cl)cc3Cl)C2)cc1. The zero-order valence-corrected chi connectivity index (χ0v) is 17.2. The molecule has 0 amide bonds. The summed E-state index contributed by atoms with van der Waals surface area (Å²) in [6, 6.07) is 10.8. The van der Waals surface area contributed by atoms with E-state index in [4.69, 9.17) is 32.7 Å². The third kappa shape index (κ3) is 5.89. The molecule has 0 saturated carbocycles. The van der Waals surface area contributed by atoms with Crippen LogP contribution in [0.15, 0.2) is 36.4 Å². The molecule has 0 aromatic heterocycles. The summed E-state index contributed by atoms with van der Waals surface area (Å²) in [5.74, 6) is -0.522. The number of β-amino-alcohol motifs (C(OH)–C–C–N with tert-alkyl or cyclic N) is 1. The monoisotopic (exact) mass is 427 g/mol. The Hall–Kier alpha value is -1.21. The maximum Gasteiger partial charge on any atom is 0.142 e. The van der Waals surface area contributed by atoms with Crippen LogP contribution in [0.2, 0.25) is 10.0 Å². The van der Waals surface area contributed by atoms with Gasteiger partial charge in [0.05, 0.1) is 37.1 Å². The topological polar surface area (TPSA) is 41.9 Å². The zero-order chi connectivity index (χ0) is 20.1. The van der Waals surface area contributed by atoms with Crippen LogP contribution in [0.4, 0.5) is 4.39 Å². The van der Waals surface area contributed by atoms with Gasteiger partial charge in [-0.05, 0) is 24.6 Å². The second kappa shape index (κ2) is 10.0. The molecule has 1 aliphatic rings. The normalized spacial score (nSPS) is 19.0. The largest absolute Gasteiger partial charge is 0.389 e. The molecule has 0 radical (unpaired) electrons. The zero-order valence-electron chi connectivity index (χ0n) is 15.7. The molecule has 2 unspecified atom stereocenters. The smallest absolute Gasteiger partial charge is 0.142 e. The summed E-state index contributed by atoms with van der Waals surface area (Å²) in [4.78, 5) is 2.07. The Morgan fingerprint density at radius 3 is 2.75 bits per heavy atom. The van der Waals surface area contributed by atoms with Crippen molar-refractivity contribution in [3.05, 3.63) is 69.0 Å². The average molecular weight is 428 g/mol. The van der Waals surface area contributed by atoms with Gasteiger partial charge >= 0.3 is 0 Å². The number of aryl methyl sites for hydroxylation is 1. The molecule has 2 aromatic carbocycles. The molecule has 2 atom stereocenters. The number of ether oxygens (including phenoxy) is 2. The number of halogens is 3. The van der Waals surface area contributed by atoms with Gasteiger partial charge in [-0.1, -0.05) is 53.0 Å². The van der Waals surface area contributed by atoms with Gasteiger partial charge in [-0.25, -0.2) is 4.39 Å². The van der Waals surface area contributed by atoms with Crippen LogP contribution in [0.3, 0.4) is 0 Å². The van der Waals surface area contributed by atoms with E-state index >= 15 is 0 Å². The molecule has 28 heavy (non-hydrogen) atoms. The van der Waals surface area contributed by atoms with Gasteiger partial charge in [0, 0.05) is 30.2 Å². The van der Waals surface area contributed by atoms with E-state index in [2.05, 4.69) is 4.90 Å². The summed E-state index contributed by atoms with van der Waals surface area (Å²) in [7, 11) is 0. The van der Waals surface area contributed by atoms with E-state index in [0.717, 1.165) is 5.56 Å². The molecule has 0 spiro atoms. The summed E-state index contributed by atoms with van der Waals surface area (Å²) in [5, 5.41) is 10.7. The van der Waals surface area contributed by atoms with Gasteiger partial charge in [-0.15, -0.1) is 0 Å². The third-order valence-electron chi connectivity index (χ3n) is 4.71. The van der Waals surface area contributed by atoms with E-state index in [9.17, 15) is 9.50 Å². The first kappa shape index (κ1) is 21.5. The Kier molecular flexibility index (Phi) is 7.69. The molecule has 1 aliphatic heterocycles. The number of hydrogen-bond donors (Lipinski definition) is 1. The molecule has 2 aromatic rings. The molecule has 7 heteroatoms. The lowest BCUT2D eigenvalue weighted by atomic mass is 10.1. The Morgan fingerprint density at radius 1 is 1.25 bits per heavy atom. The van der Waals surface area contributed by atoms with Gasteiger partial charge in [-0.3, -0.25) is 4.90 Å². The van der Waals surface area contributed by atoms with E-state index < -0.39 is 11.9 Å². The number of nitrogens with zero attached hydrogens (tertiary/aromatic N) is 1. The minimum Gasteiger partial charge on any atom is -0.389 e. The van der Waals surface area contributed by atoms with Gasteiger partial charge in [0.1, 0.15) is 5.82 Å². The number of hydrogen-bond acceptors (Lipinski definition) is 4. The summed E-state index contributed by atoms with van der Waals surface area (Å²) < 4.78 is 25.2. The van der Waals surface area contributed by atoms with Crippen molar-refractivity contribution >= 4 is 23.2 Å². The summed E-state index contributed by atoms with van der Waals surface area (Å²) in [6.07, 6.45) is -0.990. The van der Waals surface area contributed by atoms with Gasteiger partial charge in [-0.2, -0.15) is 0 Å². The van der Waals surface area contributed by atoms with Crippen molar-refractivity contribution in [2.75, 3.05) is 32.8 Å². The molecular weight excluding hydrogens is 404 g/mol. The molecular formula is C21H24Cl2FNO3. The second-order valence-electron chi connectivity index (χ2n) is 7.06. The fourth-order valence-electron chi connectivity index (χ4n) is 3.19. The van der Waals surface area contributed by atoms with Crippen molar-refractivity contribution < 1.29 is 19.0 Å². The van der Waals surface area contributed by atoms with Gasteiger partial charge in [0.15, 0.2) is 0 Å². The summed E-state index contributed by atoms with van der Waals surface area (Å²) in [6.45, 7) is 4.85. The Morgan fingerprint density at radius 2 is 2.00 bits per heavy atom. The minimum atomic E-state index is -0.623. The van der Waals surface area contributed by atoms with Crippen LogP contribution in [0.25, 0.3) is 0 Å². The molecule has 152 valence electrons. The third-order valence-corrected chi connectivity index (χ3v) is 5.32. The summed E-state index contributed by atoms with van der Waals surface area (Å²) >= 11 is 12.0. The molecule has 0 bridgehead atoms. The number of aliphatic hydroxyl groups excluding tert-OH is 1. The van der Waals surface area contributed by atoms with Crippen LogP contribution in [0.5, 0.6) is 0 Å². The van der Waals surface area contributed by atoms with Crippen LogP contribution in [-0.2, 0) is 16.1 Å². The Labute approximate surface area is 174 Å². The quantitative estimate of drug-likeness (QED) is 0.665. The van der Waals surface area contributed by atoms with Crippen LogP contribution >= 0.6 is 23.2 Å². The molecule has 1 fully saturated rings. The van der Waals surface area contributed by atoms with E-state index in [-0.39, 0.29) is 17.7 Å². The highest BCUT2D eigenvalue weighted by atomic mass is 35.5. The van der Waals surface area contributed by atoms with Crippen molar-refractivity contribution in [3.63, 3.8) is 0 Å². The average Bonchev–Trinajstić information content (AvgIpc) is 2.66. The molecule has 1 saturated heterocycles. The first-order chi connectivity index (χ1) is 13.4. The molecule has 1 N–H and O–H groups in total. The molecule has 1 heterocycles. The highest BCUT2D eigenvalue weighted by Gasteiger charge is 2.26. The van der Waals surface area contributed by atoms with Crippen molar-refractivity contribution in [1.82, 2.24) is 4.90 Å². The lowest BCUT2D eigenvalue weighted by molar-refractivity contribution is -0.0537. The van der Waals surface area contributed by atoms with E-state index in [1.54, 1.807) is 0 Å². The van der Waals surface area contributed by atoms with Crippen molar-refractivity contribution in [3.8, 4) is 0 Å². The first-order valence-electron chi connectivity index (χ1n) is 9.22. The van der Waals surface area contributed by atoms with E-state index in [1.807, 2.05) is 31.2 Å². The van der Waals surface area contributed by atoms with Crippen molar-refractivity contribution in [2.45, 2.75) is 25.7 Å². The first-order valence-corrected chi connectivity index (χ1v) is 9.97. The molecule has 4 nitrogen and oxygen atoms in total. The van der Waals surface area contributed by atoms with Crippen LogP contribution in [0, 0.1) is 12.7 Å².